The van der Waals surface area contributed by atoms with Crippen LogP contribution in [0.1, 0.15) is 38.5 Å². The van der Waals surface area contributed by atoms with Gasteiger partial charge >= 0.3 is 5.97 Å². The third kappa shape index (κ3) is 1.68. The number of hydrogen-bond acceptors (Lipinski definition) is 3. The molecule has 0 saturated heterocycles. The number of ether oxygens (including phenoxy) is 1. The molecule has 3 heteroatoms. The fourth-order valence-corrected chi connectivity index (χ4v) is 4.74. The molecule has 16 heavy (non-hydrogen) atoms. The lowest BCUT2D eigenvalue weighted by Gasteiger charge is -2.55. The molecule has 0 spiro atoms. The van der Waals surface area contributed by atoms with E-state index in [9.17, 15) is 4.79 Å². The summed E-state index contributed by atoms with van der Waals surface area (Å²) >= 11 is 4.10. The van der Waals surface area contributed by atoms with Crippen LogP contribution in [-0.4, -0.2) is 18.3 Å². The lowest BCUT2D eigenvalue weighted by molar-refractivity contribution is -0.170. The summed E-state index contributed by atoms with van der Waals surface area (Å²) in [7, 11) is 0. The van der Waals surface area contributed by atoms with E-state index in [0.29, 0.717) is 12.4 Å². The van der Waals surface area contributed by atoms with Gasteiger partial charge in [0.1, 0.15) is 6.61 Å². The van der Waals surface area contributed by atoms with Gasteiger partial charge in [0.2, 0.25) is 0 Å². The molecule has 4 bridgehead atoms. The number of rotatable bonds is 3. The molecule has 0 radical (unpaired) electrons. The second-order valence-corrected chi connectivity index (χ2v) is 6.50. The van der Waals surface area contributed by atoms with E-state index in [1.54, 1.807) is 0 Å². The Bertz CT molecular complexity index is 265. The van der Waals surface area contributed by atoms with Crippen molar-refractivity contribution in [2.75, 3.05) is 12.4 Å². The van der Waals surface area contributed by atoms with E-state index in [1.807, 2.05) is 0 Å². The Morgan fingerprint density at radius 1 is 1.12 bits per heavy atom. The first kappa shape index (κ1) is 10.9. The molecular formula is C13H20O2S. The predicted octanol–water partition coefficient (Wildman–Crippen LogP) is 2.68. The highest BCUT2D eigenvalue weighted by atomic mass is 32.1. The van der Waals surface area contributed by atoms with Crippen molar-refractivity contribution in [3.8, 4) is 0 Å². The van der Waals surface area contributed by atoms with Crippen LogP contribution < -0.4 is 0 Å². The Morgan fingerprint density at radius 2 is 1.62 bits per heavy atom. The van der Waals surface area contributed by atoms with Crippen molar-refractivity contribution >= 4 is 18.6 Å². The van der Waals surface area contributed by atoms with Gasteiger partial charge in [-0.25, -0.2) is 0 Å². The van der Waals surface area contributed by atoms with E-state index in [-0.39, 0.29) is 11.4 Å². The lowest BCUT2D eigenvalue weighted by atomic mass is 9.49. The molecule has 0 aromatic rings. The first-order valence-corrected chi connectivity index (χ1v) is 7.13. The monoisotopic (exact) mass is 240 g/mol. The van der Waals surface area contributed by atoms with Crippen molar-refractivity contribution in [2.24, 2.45) is 23.2 Å². The summed E-state index contributed by atoms with van der Waals surface area (Å²) in [6.45, 7) is 0.476. The topological polar surface area (TPSA) is 26.3 Å². The van der Waals surface area contributed by atoms with Crippen LogP contribution in [0.15, 0.2) is 0 Å². The lowest BCUT2D eigenvalue weighted by Crippen LogP contribution is -2.50. The predicted molar refractivity (Wildman–Crippen MR) is 65.4 cm³/mol. The van der Waals surface area contributed by atoms with E-state index in [0.717, 1.165) is 37.0 Å². The zero-order valence-corrected chi connectivity index (χ0v) is 10.5. The normalized spacial score (nSPS) is 44.7. The van der Waals surface area contributed by atoms with Crippen LogP contribution in [0.2, 0.25) is 0 Å². The molecule has 0 heterocycles. The van der Waals surface area contributed by atoms with Gasteiger partial charge in [0.15, 0.2) is 0 Å². The molecule has 0 aromatic heterocycles. The second kappa shape index (κ2) is 3.94. The van der Waals surface area contributed by atoms with Crippen molar-refractivity contribution in [1.82, 2.24) is 0 Å². The van der Waals surface area contributed by atoms with Crippen molar-refractivity contribution in [3.63, 3.8) is 0 Å². The van der Waals surface area contributed by atoms with Crippen molar-refractivity contribution in [1.29, 1.82) is 0 Å². The first-order chi connectivity index (χ1) is 7.72. The summed E-state index contributed by atoms with van der Waals surface area (Å²) in [4.78, 5) is 12.2. The van der Waals surface area contributed by atoms with E-state index in [1.165, 1.54) is 19.3 Å². The van der Waals surface area contributed by atoms with Crippen LogP contribution in [-0.2, 0) is 9.53 Å². The Kier molecular flexibility index (Phi) is 2.69. The molecular weight excluding hydrogens is 220 g/mol. The third-order valence-corrected chi connectivity index (χ3v) is 4.98. The van der Waals surface area contributed by atoms with E-state index in [4.69, 9.17) is 4.74 Å². The minimum atomic E-state index is -0.0856. The van der Waals surface area contributed by atoms with Crippen molar-refractivity contribution in [2.45, 2.75) is 38.5 Å². The van der Waals surface area contributed by atoms with Gasteiger partial charge in [0, 0.05) is 5.75 Å². The molecule has 0 aliphatic heterocycles. The van der Waals surface area contributed by atoms with E-state index >= 15 is 0 Å². The highest BCUT2D eigenvalue weighted by Gasteiger charge is 2.55. The summed E-state index contributed by atoms with van der Waals surface area (Å²) < 4.78 is 5.36. The summed E-state index contributed by atoms with van der Waals surface area (Å²) in [5.41, 5.74) is -0.0856. The minimum absolute atomic E-state index is 0.0839. The van der Waals surface area contributed by atoms with Crippen LogP contribution in [0.5, 0.6) is 0 Å². The second-order valence-electron chi connectivity index (χ2n) is 6.06. The smallest absolute Gasteiger partial charge is 0.312 e. The number of thiol groups is 1. The van der Waals surface area contributed by atoms with Crippen molar-refractivity contribution in [3.05, 3.63) is 0 Å². The third-order valence-electron chi connectivity index (χ3n) is 4.80. The Hall–Kier alpha value is -0.180. The maximum absolute atomic E-state index is 12.2. The summed E-state index contributed by atoms with van der Waals surface area (Å²) in [6, 6.07) is 0. The molecule has 4 aliphatic rings. The molecule has 2 nitrogen and oxygen atoms in total. The largest absolute Gasteiger partial charge is 0.464 e. The molecule has 4 saturated carbocycles. The minimum Gasteiger partial charge on any atom is -0.464 e. The summed E-state index contributed by atoms with van der Waals surface area (Å²) in [6.07, 6.45) is 7.43. The highest BCUT2D eigenvalue weighted by Crippen LogP contribution is 2.60. The summed E-state index contributed by atoms with van der Waals surface area (Å²) in [5.74, 6) is 3.16. The molecule has 0 unspecified atom stereocenters. The standard InChI is InChI=1S/C13H20O2S/c14-12(15-1-2-16)13-6-9-3-10(7-13)5-11(4-9)8-13/h9-11,16H,1-8H2. The van der Waals surface area contributed by atoms with E-state index < -0.39 is 0 Å². The van der Waals surface area contributed by atoms with Gasteiger partial charge in [-0.1, -0.05) is 0 Å². The fourth-order valence-electron chi connectivity index (χ4n) is 4.65. The van der Waals surface area contributed by atoms with Crippen LogP contribution >= 0.6 is 12.6 Å². The Labute approximate surface area is 103 Å². The molecule has 0 atom stereocenters. The van der Waals surface area contributed by atoms with Gasteiger partial charge in [-0.05, 0) is 56.3 Å². The number of carbonyl (C=O) groups is 1. The van der Waals surface area contributed by atoms with Crippen molar-refractivity contribution < 1.29 is 9.53 Å². The SMILES string of the molecule is O=C(OCCS)C12CC3CC(CC(C3)C1)C2. The average Bonchev–Trinajstić information content (AvgIpc) is 2.24. The van der Waals surface area contributed by atoms with Gasteiger partial charge in [0.25, 0.3) is 0 Å². The van der Waals surface area contributed by atoms with Gasteiger partial charge in [-0.2, -0.15) is 12.6 Å². The van der Waals surface area contributed by atoms with Crippen LogP contribution in [0.25, 0.3) is 0 Å². The Morgan fingerprint density at radius 3 is 2.06 bits per heavy atom. The maximum Gasteiger partial charge on any atom is 0.312 e. The molecule has 0 aromatic carbocycles. The molecule has 90 valence electrons. The summed E-state index contributed by atoms with van der Waals surface area (Å²) in [5, 5.41) is 0. The Balaban J connectivity index is 1.75. The maximum atomic E-state index is 12.2. The molecule has 0 amide bonds. The molecule has 4 fully saturated rings. The fraction of sp³-hybridized carbons (Fsp3) is 0.923. The van der Waals surface area contributed by atoms with Crippen LogP contribution in [0.4, 0.5) is 0 Å². The zero-order valence-electron chi connectivity index (χ0n) is 9.65. The van der Waals surface area contributed by atoms with Gasteiger partial charge in [0.05, 0.1) is 5.41 Å². The number of hydrogen-bond donors (Lipinski definition) is 1. The molecule has 4 rings (SSSR count). The van der Waals surface area contributed by atoms with Crippen LogP contribution in [0, 0.1) is 23.2 Å². The van der Waals surface area contributed by atoms with Gasteiger partial charge in [-0.15, -0.1) is 0 Å². The first-order valence-electron chi connectivity index (χ1n) is 6.50. The average molecular weight is 240 g/mol. The van der Waals surface area contributed by atoms with Gasteiger partial charge < -0.3 is 4.74 Å². The van der Waals surface area contributed by atoms with E-state index in [2.05, 4.69) is 12.6 Å². The number of esters is 1. The molecule has 0 N–H and O–H groups in total. The van der Waals surface area contributed by atoms with Gasteiger partial charge in [-0.3, -0.25) is 4.79 Å². The highest BCUT2D eigenvalue weighted by molar-refractivity contribution is 7.80. The molecule has 4 aliphatic carbocycles. The number of carbonyl (C=O) groups excluding carboxylic acids is 1. The quantitative estimate of drug-likeness (QED) is 0.606. The van der Waals surface area contributed by atoms with Crippen LogP contribution in [0.3, 0.4) is 0 Å². The zero-order chi connectivity index (χ0) is 11.2.